The Morgan fingerprint density at radius 2 is 1.96 bits per heavy atom. The second kappa shape index (κ2) is 6.49. The van der Waals surface area contributed by atoms with Crippen LogP contribution in [0.4, 0.5) is 4.39 Å². The third-order valence-corrected chi connectivity index (χ3v) is 4.50. The Labute approximate surface area is 136 Å². The molecule has 1 amide bonds. The normalized spacial score (nSPS) is 18.0. The molecule has 0 bridgehead atoms. The largest absolute Gasteiger partial charge is 0.332 e. The summed E-state index contributed by atoms with van der Waals surface area (Å²) in [5, 5.41) is 0. The minimum absolute atomic E-state index is 0.0116. The first-order valence-corrected chi connectivity index (χ1v) is 8.06. The number of rotatable bonds is 2. The molecule has 0 spiro atoms. The van der Waals surface area contributed by atoms with Crippen LogP contribution in [0.1, 0.15) is 52.5 Å². The number of piperidine rings is 1. The molecule has 0 aliphatic carbocycles. The van der Waals surface area contributed by atoms with Crippen molar-refractivity contribution >= 4 is 5.91 Å². The van der Waals surface area contributed by atoms with Crippen molar-refractivity contribution in [2.45, 2.75) is 39.2 Å². The summed E-state index contributed by atoms with van der Waals surface area (Å²) in [6.45, 7) is 4.59. The fourth-order valence-electron chi connectivity index (χ4n) is 3.28. The van der Waals surface area contributed by atoms with Gasteiger partial charge < -0.3 is 4.90 Å². The smallest absolute Gasteiger partial charge is 0.256 e. The SMILES string of the molecule is Cc1cc(C)c(C(=O)N2CCCC[C@H]2c2ccc(F)cc2)cn1. The van der Waals surface area contributed by atoms with Crippen LogP contribution < -0.4 is 0 Å². The molecule has 1 aliphatic heterocycles. The first-order valence-electron chi connectivity index (χ1n) is 8.06. The maximum atomic E-state index is 13.2. The van der Waals surface area contributed by atoms with Gasteiger partial charge in [0.1, 0.15) is 5.82 Å². The van der Waals surface area contributed by atoms with Crippen LogP contribution in [0.2, 0.25) is 0 Å². The monoisotopic (exact) mass is 312 g/mol. The van der Waals surface area contributed by atoms with E-state index in [2.05, 4.69) is 4.98 Å². The molecule has 1 aliphatic rings. The highest BCUT2D eigenvalue weighted by atomic mass is 19.1. The van der Waals surface area contributed by atoms with Gasteiger partial charge in [0.25, 0.3) is 5.91 Å². The van der Waals surface area contributed by atoms with Crippen LogP contribution in [0.15, 0.2) is 36.5 Å². The molecule has 0 N–H and O–H groups in total. The number of pyridine rings is 1. The van der Waals surface area contributed by atoms with E-state index in [0.717, 1.165) is 42.6 Å². The van der Waals surface area contributed by atoms with Gasteiger partial charge in [-0.25, -0.2) is 4.39 Å². The fraction of sp³-hybridized carbons (Fsp3) is 0.368. The molecular weight excluding hydrogens is 291 g/mol. The van der Waals surface area contributed by atoms with E-state index in [4.69, 9.17) is 0 Å². The first-order chi connectivity index (χ1) is 11.1. The molecular formula is C19H21FN2O. The van der Waals surface area contributed by atoms with Gasteiger partial charge in [-0.2, -0.15) is 0 Å². The molecule has 1 atom stereocenters. The summed E-state index contributed by atoms with van der Waals surface area (Å²) in [7, 11) is 0. The molecule has 23 heavy (non-hydrogen) atoms. The van der Waals surface area contributed by atoms with Crippen molar-refractivity contribution in [3.05, 3.63) is 64.7 Å². The van der Waals surface area contributed by atoms with Gasteiger partial charge in [-0.05, 0) is 62.4 Å². The predicted octanol–water partition coefficient (Wildman–Crippen LogP) is 4.20. The molecule has 2 heterocycles. The van der Waals surface area contributed by atoms with Gasteiger partial charge in [0, 0.05) is 18.4 Å². The van der Waals surface area contributed by atoms with Gasteiger partial charge in [-0.3, -0.25) is 9.78 Å². The van der Waals surface area contributed by atoms with E-state index in [9.17, 15) is 9.18 Å². The minimum atomic E-state index is -0.249. The summed E-state index contributed by atoms with van der Waals surface area (Å²) in [6.07, 6.45) is 4.66. The summed E-state index contributed by atoms with van der Waals surface area (Å²) in [5.74, 6) is -0.231. The van der Waals surface area contributed by atoms with Gasteiger partial charge in [-0.15, -0.1) is 0 Å². The van der Waals surface area contributed by atoms with Crippen molar-refractivity contribution in [1.29, 1.82) is 0 Å². The van der Waals surface area contributed by atoms with E-state index in [1.807, 2.05) is 24.8 Å². The van der Waals surface area contributed by atoms with Crippen LogP contribution in [0.25, 0.3) is 0 Å². The Balaban J connectivity index is 1.91. The number of aryl methyl sites for hydroxylation is 2. The Bertz CT molecular complexity index is 712. The summed E-state index contributed by atoms with van der Waals surface area (Å²) in [4.78, 5) is 19.2. The number of likely N-dealkylation sites (tertiary alicyclic amines) is 1. The van der Waals surface area contributed by atoms with Crippen LogP contribution in [0.5, 0.6) is 0 Å². The molecule has 1 saturated heterocycles. The van der Waals surface area contributed by atoms with Gasteiger partial charge in [0.05, 0.1) is 11.6 Å². The highest BCUT2D eigenvalue weighted by Gasteiger charge is 2.29. The molecule has 2 aromatic rings. The van der Waals surface area contributed by atoms with Crippen molar-refractivity contribution in [1.82, 2.24) is 9.88 Å². The number of nitrogens with zero attached hydrogens (tertiary/aromatic N) is 2. The summed E-state index contributed by atoms with van der Waals surface area (Å²) in [6, 6.07) is 8.44. The average molecular weight is 312 g/mol. The molecule has 1 fully saturated rings. The van der Waals surface area contributed by atoms with Crippen molar-refractivity contribution in [2.24, 2.45) is 0 Å². The number of halogens is 1. The van der Waals surface area contributed by atoms with Gasteiger partial charge in [-0.1, -0.05) is 12.1 Å². The lowest BCUT2D eigenvalue weighted by molar-refractivity contribution is 0.0610. The second-order valence-electron chi connectivity index (χ2n) is 6.20. The maximum absolute atomic E-state index is 13.2. The predicted molar refractivity (Wildman–Crippen MR) is 87.7 cm³/mol. The quantitative estimate of drug-likeness (QED) is 0.832. The molecule has 0 unspecified atom stereocenters. The number of hydrogen-bond donors (Lipinski definition) is 0. The highest BCUT2D eigenvalue weighted by molar-refractivity contribution is 5.95. The number of carbonyl (C=O) groups excluding carboxylic acids is 1. The van der Waals surface area contributed by atoms with E-state index in [1.165, 1.54) is 12.1 Å². The lowest BCUT2D eigenvalue weighted by atomic mass is 9.94. The molecule has 1 aromatic carbocycles. The van der Waals surface area contributed by atoms with Crippen molar-refractivity contribution in [3.63, 3.8) is 0 Å². The molecule has 4 heteroatoms. The Morgan fingerprint density at radius 3 is 2.65 bits per heavy atom. The fourth-order valence-corrected chi connectivity index (χ4v) is 3.28. The zero-order valence-corrected chi connectivity index (χ0v) is 13.6. The third kappa shape index (κ3) is 3.26. The Hall–Kier alpha value is -2.23. The van der Waals surface area contributed by atoms with Gasteiger partial charge in [0.15, 0.2) is 0 Å². The maximum Gasteiger partial charge on any atom is 0.256 e. The summed E-state index contributed by atoms with van der Waals surface area (Å²) < 4.78 is 13.2. The number of benzene rings is 1. The van der Waals surface area contributed by atoms with E-state index in [-0.39, 0.29) is 17.8 Å². The zero-order valence-electron chi connectivity index (χ0n) is 13.6. The standard InChI is InChI=1S/C19H21FN2O/c1-13-11-14(2)21-12-17(13)19(23)22-10-4-3-5-18(22)15-6-8-16(20)9-7-15/h6-9,11-12,18H,3-5,10H2,1-2H3/t18-/m0/s1. The molecule has 0 saturated carbocycles. The van der Waals surface area contributed by atoms with Crippen LogP contribution in [-0.4, -0.2) is 22.3 Å². The zero-order chi connectivity index (χ0) is 16.4. The molecule has 120 valence electrons. The van der Waals surface area contributed by atoms with Crippen molar-refractivity contribution in [3.8, 4) is 0 Å². The molecule has 3 rings (SSSR count). The molecule has 1 aromatic heterocycles. The third-order valence-electron chi connectivity index (χ3n) is 4.50. The number of carbonyl (C=O) groups is 1. The van der Waals surface area contributed by atoms with E-state index in [1.54, 1.807) is 18.3 Å². The topological polar surface area (TPSA) is 33.2 Å². The summed E-state index contributed by atoms with van der Waals surface area (Å²) in [5.41, 5.74) is 3.51. The lowest BCUT2D eigenvalue weighted by Crippen LogP contribution is -2.38. The van der Waals surface area contributed by atoms with Crippen LogP contribution in [0, 0.1) is 19.7 Å². The van der Waals surface area contributed by atoms with Gasteiger partial charge >= 0.3 is 0 Å². The van der Waals surface area contributed by atoms with Crippen LogP contribution in [-0.2, 0) is 0 Å². The minimum Gasteiger partial charge on any atom is -0.332 e. The van der Waals surface area contributed by atoms with E-state index in [0.29, 0.717) is 5.56 Å². The van der Waals surface area contributed by atoms with E-state index >= 15 is 0 Å². The number of amides is 1. The summed E-state index contributed by atoms with van der Waals surface area (Å²) >= 11 is 0. The van der Waals surface area contributed by atoms with Gasteiger partial charge in [0.2, 0.25) is 0 Å². The van der Waals surface area contributed by atoms with Crippen LogP contribution >= 0.6 is 0 Å². The van der Waals surface area contributed by atoms with E-state index < -0.39 is 0 Å². The molecule has 3 nitrogen and oxygen atoms in total. The lowest BCUT2D eigenvalue weighted by Gasteiger charge is -2.36. The number of hydrogen-bond acceptors (Lipinski definition) is 2. The number of aromatic nitrogens is 1. The highest BCUT2D eigenvalue weighted by Crippen LogP contribution is 2.32. The average Bonchev–Trinajstić information content (AvgIpc) is 2.55. The first kappa shape index (κ1) is 15.7. The van der Waals surface area contributed by atoms with Crippen LogP contribution in [0.3, 0.4) is 0 Å². The second-order valence-corrected chi connectivity index (χ2v) is 6.20. The Kier molecular flexibility index (Phi) is 4.42. The van der Waals surface area contributed by atoms with Crippen molar-refractivity contribution < 1.29 is 9.18 Å². The Morgan fingerprint density at radius 1 is 1.22 bits per heavy atom. The molecule has 0 radical (unpaired) electrons. The van der Waals surface area contributed by atoms with Crippen molar-refractivity contribution in [2.75, 3.05) is 6.54 Å².